The molecule has 0 aliphatic rings. The van der Waals surface area contributed by atoms with Gasteiger partial charge in [-0.15, -0.1) is 0 Å². The normalized spacial score (nSPS) is 12.1. The number of carbonyl (C=O) groups is 1. The Kier molecular flexibility index (Phi) is 6.95. The minimum absolute atomic E-state index is 0.0343. The first-order valence-electron chi connectivity index (χ1n) is 9.25. The van der Waals surface area contributed by atoms with Crippen LogP contribution < -0.4 is 10.9 Å². The lowest BCUT2D eigenvalue weighted by Gasteiger charge is -2.17. The van der Waals surface area contributed by atoms with E-state index >= 15 is 0 Å². The second kappa shape index (κ2) is 9.43. The summed E-state index contributed by atoms with van der Waals surface area (Å²) in [4.78, 5) is 30.2. The van der Waals surface area contributed by atoms with Gasteiger partial charge in [-0.1, -0.05) is 41.6 Å². The van der Waals surface area contributed by atoms with Crippen molar-refractivity contribution in [3.8, 4) is 0 Å². The molecule has 6 nitrogen and oxygen atoms in total. The zero-order valence-corrected chi connectivity index (χ0v) is 17.8. The standard InChI is InChI=1S/C21H22ClN3O3S/c1-13-16(22)8-5-10-17(13)23-19(27)14(2)29-21-24-18-9-4-3-7-15(18)20(28)25(21)11-6-12-26/h3-5,7-10,14,26H,6,11-12H2,1-2H3,(H,23,27). The molecule has 0 saturated heterocycles. The van der Waals surface area contributed by atoms with Gasteiger partial charge >= 0.3 is 0 Å². The van der Waals surface area contributed by atoms with Crippen molar-refractivity contribution in [1.82, 2.24) is 9.55 Å². The molecule has 3 aromatic rings. The zero-order valence-electron chi connectivity index (χ0n) is 16.2. The third kappa shape index (κ3) is 4.80. The zero-order chi connectivity index (χ0) is 21.0. The predicted octanol–water partition coefficient (Wildman–Crippen LogP) is 3.86. The number of rotatable bonds is 7. The van der Waals surface area contributed by atoms with Crippen LogP contribution >= 0.6 is 23.4 Å². The highest BCUT2D eigenvalue weighted by Crippen LogP contribution is 2.26. The molecule has 29 heavy (non-hydrogen) atoms. The van der Waals surface area contributed by atoms with Crippen LogP contribution in [0.25, 0.3) is 10.9 Å². The summed E-state index contributed by atoms with van der Waals surface area (Å²) in [6.45, 7) is 3.90. The van der Waals surface area contributed by atoms with E-state index in [1.807, 2.05) is 13.0 Å². The summed E-state index contributed by atoms with van der Waals surface area (Å²) in [6.07, 6.45) is 0.426. The molecule has 152 valence electrons. The largest absolute Gasteiger partial charge is 0.396 e. The number of anilines is 1. The fraction of sp³-hybridized carbons (Fsp3) is 0.286. The summed E-state index contributed by atoms with van der Waals surface area (Å²) >= 11 is 7.34. The van der Waals surface area contributed by atoms with Crippen molar-refractivity contribution in [2.24, 2.45) is 0 Å². The van der Waals surface area contributed by atoms with E-state index in [0.29, 0.717) is 39.7 Å². The lowest BCUT2D eigenvalue weighted by Crippen LogP contribution is -2.27. The summed E-state index contributed by atoms with van der Waals surface area (Å²) < 4.78 is 1.53. The Morgan fingerprint density at radius 1 is 1.28 bits per heavy atom. The Bertz CT molecular complexity index is 1100. The number of fused-ring (bicyclic) bond motifs is 1. The molecule has 1 aromatic heterocycles. The molecule has 1 amide bonds. The SMILES string of the molecule is Cc1c(Cl)cccc1NC(=O)C(C)Sc1nc2ccccc2c(=O)n1CCCO. The Hall–Kier alpha value is -2.35. The predicted molar refractivity (Wildman–Crippen MR) is 118 cm³/mol. The summed E-state index contributed by atoms with van der Waals surface area (Å²) in [5.41, 5.74) is 1.85. The Morgan fingerprint density at radius 2 is 2.03 bits per heavy atom. The maximum atomic E-state index is 12.9. The van der Waals surface area contributed by atoms with Crippen LogP contribution in [0, 0.1) is 6.92 Å². The van der Waals surface area contributed by atoms with Crippen molar-refractivity contribution in [3.05, 3.63) is 63.4 Å². The summed E-state index contributed by atoms with van der Waals surface area (Å²) in [7, 11) is 0. The molecule has 0 fully saturated rings. The monoisotopic (exact) mass is 431 g/mol. The van der Waals surface area contributed by atoms with Gasteiger partial charge in [0.2, 0.25) is 5.91 Å². The van der Waals surface area contributed by atoms with E-state index in [9.17, 15) is 14.7 Å². The van der Waals surface area contributed by atoms with Crippen molar-refractivity contribution >= 4 is 45.9 Å². The molecule has 0 bridgehead atoms. The van der Waals surface area contributed by atoms with E-state index in [-0.39, 0.29) is 18.1 Å². The maximum absolute atomic E-state index is 12.9. The molecule has 0 aliphatic carbocycles. The second-order valence-electron chi connectivity index (χ2n) is 6.61. The number of hydrogen-bond acceptors (Lipinski definition) is 5. The van der Waals surface area contributed by atoms with Crippen LogP contribution in [0.1, 0.15) is 18.9 Å². The number of nitrogens with zero attached hydrogens (tertiary/aromatic N) is 2. The van der Waals surface area contributed by atoms with Gasteiger partial charge in [-0.3, -0.25) is 14.2 Å². The summed E-state index contributed by atoms with van der Waals surface area (Å²) in [5.74, 6) is -0.212. The van der Waals surface area contributed by atoms with Crippen LogP contribution in [0.4, 0.5) is 5.69 Å². The molecule has 0 aliphatic heterocycles. The fourth-order valence-corrected chi connectivity index (χ4v) is 3.96. The van der Waals surface area contributed by atoms with E-state index in [1.54, 1.807) is 43.3 Å². The number of aliphatic hydroxyl groups is 1. The van der Waals surface area contributed by atoms with Gasteiger partial charge in [0.1, 0.15) is 0 Å². The number of para-hydroxylation sites is 1. The molecule has 0 saturated carbocycles. The number of carbonyl (C=O) groups excluding carboxylic acids is 1. The molecule has 2 N–H and O–H groups in total. The molecule has 1 atom stereocenters. The molecule has 1 heterocycles. The van der Waals surface area contributed by atoms with Crippen LogP contribution in [0.2, 0.25) is 5.02 Å². The lowest BCUT2D eigenvalue weighted by atomic mass is 10.2. The van der Waals surface area contributed by atoms with E-state index < -0.39 is 5.25 Å². The van der Waals surface area contributed by atoms with Crippen LogP contribution in [-0.2, 0) is 11.3 Å². The number of halogens is 1. The summed E-state index contributed by atoms with van der Waals surface area (Å²) in [5, 5.41) is 13.1. The number of amides is 1. The molecule has 0 spiro atoms. The Labute approximate surface area is 177 Å². The van der Waals surface area contributed by atoms with E-state index in [2.05, 4.69) is 10.3 Å². The molecule has 0 radical (unpaired) electrons. The number of aromatic nitrogens is 2. The molecular weight excluding hydrogens is 410 g/mol. The first-order chi connectivity index (χ1) is 13.9. The number of benzene rings is 2. The highest BCUT2D eigenvalue weighted by atomic mass is 35.5. The van der Waals surface area contributed by atoms with Crippen LogP contribution in [-0.4, -0.2) is 32.4 Å². The Balaban J connectivity index is 1.88. The van der Waals surface area contributed by atoms with Crippen LogP contribution in [0.5, 0.6) is 0 Å². The Morgan fingerprint density at radius 3 is 2.79 bits per heavy atom. The third-order valence-electron chi connectivity index (χ3n) is 4.54. The maximum Gasteiger partial charge on any atom is 0.262 e. The number of hydrogen-bond donors (Lipinski definition) is 2. The lowest BCUT2D eigenvalue weighted by molar-refractivity contribution is -0.115. The highest BCUT2D eigenvalue weighted by molar-refractivity contribution is 8.00. The number of nitrogens with one attached hydrogen (secondary N) is 1. The second-order valence-corrected chi connectivity index (χ2v) is 8.32. The molecule has 8 heteroatoms. The van der Waals surface area contributed by atoms with Crippen LogP contribution in [0.15, 0.2) is 52.4 Å². The fourth-order valence-electron chi connectivity index (χ4n) is 2.85. The van der Waals surface area contributed by atoms with E-state index in [0.717, 1.165) is 5.56 Å². The van der Waals surface area contributed by atoms with Crippen LogP contribution in [0.3, 0.4) is 0 Å². The molecular formula is C21H22ClN3O3S. The minimum Gasteiger partial charge on any atom is -0.396 e. The van der Waals surface area contributed by atoms with E-state index in [4.69, 9.17) is 11.6 Å². The van der Waals surface area contributed by atoms with Crippen molar-refractivity contribution in [1.29, 1.82) is 0 Å². The average Bonchev–Trinajstić information content (AvgIpc) is 2.71. The van der Waals surface area contributed by atoms with Crippen molar-refractivity contribution in [3.63, 3.8) is 0 Å². The first kappa shape index (κ1) is 21.4. The van der Waals surface area contributed by atoms with Gasteiger partial charge in [-0.05, 0) is 50.1 Å². The van der Waals surface area contributed by atoms with Gasteiger partial charge in [0.05, 0.1) is 16.2 Å². The smallest absolute Gasteiger partial charge is 0.262 e. The molecule has 2 aromatic carbocycles. The van der Waals surface area contributed by atoms with Gasteiger partial charge < -0.3 is 10.4 Å². The molecule has 3 rings (SSSR count). The van der Waals surface area contributed by atoms with Crippen molar-refractivity contribution < 1.29 is 9.90 Å². The summed E-state index contributed by atoms with van der Waals surface area (Å²) in [6, 6.07) is 12.5. The van der Waals surface area contributed by atoms with Gasteiger partial charge in [0.15, 0.2) is 5.16 Å². The van der Waals surface area contributed by atoms with Gasteiger partial charge in [-0.25, -0.2) is 4.98 Å². The first-order valence-corrected chi connectivity index (χ1v) is 10.5. The highest BCUT2D eigenvalue weighted by Gasteiger charge is 2.20. The average molecular weight is 432 g/mol. The van der Waals surface area contributed by atoms with Crippen molar-refractivity contribution in [2.45, 2.75) is 37.2 Å². The van der Waals surface area contributed by atoms with Gasteiger partial charge in [0.25, 0.3) is 5.56 Å². The van der Waals surface area contributed by atoms with Gasteiger partial charge in [0, 0.05) is 23.9 Å². The molecule has 1 unspecified atom stereocenters. The van der Waals surface area contributed by atoms with Crippen molar-refractivity contribution in [2.75, 3.05) is 11.9 Å². The quantitative estimate of drug-likeness (QED) is 0.438. The third-order valence-corrected chi connectivity index (χ3v) is 6.04. The number of aliphatic hydroxyl groups excluding tert-OH is 1. The number of thioether (sulfide) groups is 1. The van der Waals surface area contributed by atoms with Gasteiger partial charge in [-0.2, -0.15) is 0 Å². The topological polar surface area (TPSA) is 84.2 Å². The minimum atomic E-state index is -0.498. The van der Waals surface area contributed by atoms with E-state index in [1.165, 1.54) is 16.3 Å².